The zero-order chi connectivity index (χ0) is 14.8. The van der Waals surface area contributed by atoms with Crippen molar-refractivity contribution in [2.45, 2.75) is 38.6 Å². The molecule has 0 radical (unpaired) electrons. The highest BCUT2D eigenvalue weighted by Crippen LogP contribution is 2.38. The Hall–Kier alpha value is -1.29. The number of anilines is 1. The number of benzene rings is 1. The number of ether oxygens (including phenoxy) is 1. The van der Waals surface area contributed by atoms with Gasteiger partial charge < -0.3 is 15.8 Å². The van der Waals surface area contributed by atoms with Crippen molar-refractivity contribution in [3.63, 3.8) is 0 Å². The van der Waals surface area contributed by atoms with Crippen molar-refractivity contribution in [3.8, 4) is 5.75 Å². The minimum atomic E-state index is -0.259. The van der Waals surface area contributed by atoms with Crippen molar-refractivity contribution in [1.82, 2.24) is 0 Å². The monoisotopic (exact) mass is 280 g/mol. The topological polar surface area (TPSA) is 47.3 Å². The molecule has 3 atom stereocenters. The molecule has 0 aromatic heterocycles. The second-order valence-electron chi connectivity index (χ2n) is 6.15. The van der Waals surface area contributed by atoms with Crippen molar-refractivity contribution in [2.24, 2.45) is 17.6 Å². The van der Waals surface area contributed by atoms with Crippen molar-refractivity contribution in [3.05, 3.63) is 24.0 Å². The van der Waals surface area contributed by atoms with Crippen LogP contribution in [0.5, 0.6) is 5.75 Å². The Bertz CT molecular complexity index is 466. The van der Waals surface area contributed by atoms with Gasteiger partial charge in [0.25, 0.3) is 0 Å². The summed E-state index contributed by atoms with van der Waals surface area (Å²) in [5, 5.41) is 3.36. The molecule has 0 saturated heterocycles. The van der Waals surface area contributed by atoms with E-state index in [4.69, 9.17) is 10.5 Å². The normalized spacial score (nSPS) is 30.1. The molecule has 0 bridgehead atoms. The van der Waals surface area contributed by atoms with Gasteiger partial charge in [-0.05, 0) is 43.2 Å². The third-order valence-electron chi connectivity index (χ3n) is 4.73. The lowest BCUT2D eigenvalue weighted by Crippen LogP contribution is -2.50. The van der Waals surface area contributed by atoms with E-state index in [0.29, 0.717) is 29.8 Å². The fraction of sp³-hybridized carbons (Fsp3) is 0.625. The largest absolute Gasteiger partial charge is 0.497 e. The molecule has 0 amide bonds. The fourth-order valence-corrected chi connectivity index (χ4v) is 3.07. The van der Waals surface area contributed by atoms with E-state index in [2.05, 4.69) is 19.2 Å². The zero-order valence-electron chi connectivity index (χ0n) is 12.6. The van der Waals surface area contributed by atoms with E-state index in [1.807, 2.05) is 0 Å². The Morgan fingerprint density at radius 3 is 2.75 bits per heavy atom. The third-order valence-corrected chi connectivity index (χ3v) is 4.73. The van der Waals surface area contributed by atoms with E-state index >= 15 is 0 Å². The number of hydrogen-bond acceptors (Lipinski definition) is 3. The van der Waals surface area contributed by atoms with E-state index < -0.39 is 0 Å². The van der Waals surface area contributed by atoms with Gasteiger partial charge in [0.05, 0.1) is 12.8 Å². The molecule has 1 aliphatic carbocycles. The Morgan fingerprint density at radius 1 is 1.40 bits per heavy atom. The molecule has 0 heterocycles. The lowest BCUT2D eigenvalue weighted by molar-refractivity contribution is 0.196. The highest BCUT2D eigenvalue weighted by molar-refractivity contribution is 5.51. The summed E-state index contributed by atoms with van der Waals surface area (Å²) in [6.45, 7) is 5.04. The average molecular weight is 280 g/mol. The Balaban J connectivity index is 2.22. The maximum absolute atomic E-state index is 14.0. The third kappa shape index (κ3) is 3.06. The molecule has 20 heavy (non-hydrogen) atoms. The van der Waals surface area contributed by atoms with Gasteiger partial charge in [-0.1, -0.05) is 13.8 Å². The van der Waals surface area contributed by atoms with E-state index in [0.717, 1.165) is 19.3 Å². The minimum absolute atomic E-state index is 0.209. The van der Waals surface area contributed by atoms with Crippen molar-refractivity contribution < 1.29 is 9.13 Å². The lowest BCUT2D eigenvalue weighted by atomic mass is 9.71. The van der Waals surface area contributed by atoms with Crippen LogP contribution in [0.3, 0.4) is 0 Å². The number of methoxy groups -OCH3 is 1. The summed E-state index contributed by atoms with van der Waals surface area (Å²) >= 11 is 0. The van der Waals surface area contributed by atoms with Gasteiger partial charge in [-0.15, -0.1) is 0 Å². The molecule has 112 valence electrons. The number of nitrogens with two attached hydrogens (primary N) is 1. The maximum Gasteiger partial charge on any atom is 0.146 e. The van der Waals surface area contributed by atoms with E-state index in [-0.39, 0.29) is 11.4 Å². The predicted molar refractivity (Wildman–Crippen MR) is 80.5 cm³/mol. The molecule has 3 N–H and O–H groups in total. The SMILES string of the molecule is COc1ccc(F)c(NC2(CN)CCC(C)C(C)C2)c1. The maximum atomic E-state index is 14.0. The molecule has 1 aromatic rings. The Morgan fingerprint density at radius 2 is 2.15 bits per heavy atom. The standard InChI is InChI=1S/C16H25FN2O/c1-11-6-7-16(10-18,9-12(11)2)19-15-8-13(20-3)4-5-14(15)17/h4-5,8,11-12,19H,6-7,9-10,18H2,1-3H3. The average Bonchev–Trinajstić information content (AvgIpc) is 2.45. The summed E-state index contributed by atoms with van der Waals surface area (Å²) < 4.78 is 19.1. The first kappa shape index (κ1) is 15.1. The smallest absolute Gasteiger partial charge is 0.146 e. The fourth-order valence-electron chi connectivity index (χ4n) is 3.07. The van der Waals surface area contributed by atoms with Crippen LogP contribution in [0.25, 0.3) is 0 Å². The second-order valence-corrected chi connectivity index (χ2v) is 6.15. The Labute approximate surface area is 120 Å². The molecule has 1 fully saturated rings. The van der Waals surface area contributed by atoms with E-state index in [1.54, 1.807) is 19.2 Å². The number of halogens is 1. The van der Waals surface area contributed by atoms with Crippen LogP contribution in [0.1, 0.15) is 33.1 Å². The number of hydrogen-bond donors (Lipinski definition) is 2. The van der Waals surface area contributed by atoms with Crippen molar-refractivity contribution in [2.75, 3.05) is 19.0 Å². The molecule has 0 aliphatic heterocycles. The molecular weight excluding hydrogens is 255 g/mol. The van der Waals surface area contributed by atoms with Crippen LogP contribution in [0.4, 0.5) is 10.1 Å². The molecule has 0 spiro atoms. The molecule has 2 rings (SSSR count). The highest BCUT2D eigenvalue weighted by Gasteiger charge is 2.37. The first-order valence-corrected chi connectivity index (χ1v) is 7.31. The molecular formula is C16H25FN2O. The van der Waals surface area contributed by atoms with Gasteiger partial charge >= 0.3 is 0 Å². The molecule has 3 unspecified atom stereocenters. The van der Waals surface area contributed by atoms with Gasteiger partial charge in [0.2, 0.25) is 0 Å². The minimum Gasteiger partial charge on any atom is -0.497 e. The van der Waals surface area contributed by atoms with Crippen LogP contribution in [-0.2, 0) is 0 Å². The first-order valence-electron chi connectivity index (χ1n) is 7.31. The lowest BCUT2D eigenvalue weighted by Gasteiger charge is -2.43. The molecule has 3 nitrogen and oxygen atoms in total. The zero-order valence-corrected chi connectivity index (χ0v) is 12.6. The molecule has 1 saturated carbocycles. The quantitative estimate of drug-likeness (QED) is 0.888. The summed E-state index contributed by atoms with van der Waals surface area (Å²) in [7, 11) is 1.58. The summed E-state index contributed by atoms with van der Waals surface area (Å²) in [6, 6.07) is 4.76. The van der Waals surface area contributed by atoms with Crippen molar-refractivity contribution in [1.29, 1.82) is 0 Å². The summed E-state index contributed by atoms with van der Waals surface area (Å²) in [5.41, 5.74) is 6.27. The van der Waals surface area contributed by atoms with Crippen LogP contribution < -0.4 is 15.8 Å². The van der Waals surface area contributed by atoms with Crippen LogP contribution in [0.2, 0.25) is 0 Å². The van der Waals surface area contributed by atoms with Gasteiger partial charge in [-0.3, -0.25) is 0 Å². The van der Waals surface area contributed by atoms with Gasteiger partial charge in [0, 0.05) is 18.2 Å². The predicted octanol–water partition coefficient (Wildman–Crippen LogP) is 3.40. The molecule has 1 aromatic carbocycles. The summed E-state index contributed by atoms with van der Waals surface area (Å²) in [4.78, 5) is 0. The highest BCUT2D eigenvalue weighted by atomic mass is 19.1. The van der Waals surface area contributed by atoms with Crippen LogP contribution in [0.15, 0.2) is 18.2 Å². The summed E-state index contributed by atoms with van der Waals surface area (Å²) in [5.74, 6) is 1.68. The second kappa shape index (κ2) is 6.00. The van der Waals surface area contributed by atoms with Gasteiger partial charge in [0.1, 0.15) is 11.6 Å². The van der Waals surface area contributed by atoms with Crippen LogP contribution in [0, 0.1) is 17.7 Å². The first-order chi connectivity index (χ1) is 9.49. The number of nitrogens with one attached hydrogen (secondary N) is 1. The van der Waals surface area contributed by atoms with E-state index in [9.17, 15) is 4.39 Å². The van der Waals surface area contributed by atoms with E-state index in [1.165, 1.54) is 6.07 Å². The Kier molecular flexibility index (Phi) is 4.53. The van der Waals surface area contributed by atoms with Crippen molar-refractivity contribution >= 4 is 5.69 Å². The van der Waals surface area contributed by atoms with Crippen LogP contribution in [-0.4, -0.2) is 19.2 Å². The van der Waals surface area contributed by atoms with Gasteiger partial charge in [-0.25, -0.2) is 4.39 Å². The molecule has 1 aliphatic rings. The van der Waals surface area contributed by atoms with Gasteiger partial charge in [0.15, 0.2) is 0 Å². The van der Waals surface area contributed by atoms with Gasteiger partial charge in [-0.2, -0.15) is 0 Å². The molecule has 4 heteroatoms. The summed E-state index contributed by atoms with van der Waals surface area (Å²) in [6.07, 6.45) is 3.07. The van der Waals surface area contributed by atoms with Crippen LogP contribution >= 0.6 is 0 Å². The number of rotatable bonds is 4.